The van der Waals surface area contributed by atoms with Crippen molar-refractivity contribution >= 4 is 28.6 Å². The zero-order valence-electron chi connectivity index (χ0n) is 16.2. The molecule has 4 aliphatic carbocycles. The molecule has 4 aliphatic rings. The van der Waals surface area contributed by atoms with Crippen molar-refractivity contribution in [2.75, 3.05) is 5.75 Å². The summed E-state index contributed by atoms with van der Waals surface area (Å²) in [6, 6.07) is 7.49. The number of carbonyl (C=O) groups excluding carboxylic acids is 1. The molecule has 0 unspecified atom stereocenters. The number of rotatable bonds is 5. The van der Waals surface area contributed by atoms with Crippen LogP contribution >= 0.6 is 11.8 Å². The Bertz CT molecular complexity index is 934. The lowest BCUT2D eigenvalue weighted by molar-refractivity contribution is -0.123. The van der Waals surface area contributed by atoms with Gasteiger partial charge in [-0.25, -0.2) is 4.98 Å². The van der Waals surface area contributed by atoms with Crippen LogP contribution in [0.4, 0.5) is 0 Å². The number of fused-ring (bicyclic) bond motifs is 1. The Morgan fingerprint density at radius 3 is 2.54 bits per heavy atom. The van der Waals surface area contributed by atoms with E-state index in [1.807, 2.05) is 18.2 Å². The summed E-state index contributed by atoms with van der Waals surface area (Å²) in [6.45, 7) is 2.20. The van der Waals surface area contributed by atoms with Gasteiger partial charge in [0.2, 0.25) is 5.91 Å². The van der Waals surface area contributed by atoms with Gasteiger partial charge in [-0.05, 0) is 80.8 Å². The smallest absolute Gasteiger partial charge is 0.259 e. The number of aromatic amines is 1. The van der Waals surface area contributed by atoms with E-state index in [0.29, 0.717) is 21.5 Å². The Balaban J connectivity index is 1.23. The van der Waals surface area contributed by atoms with Crippen LogP contribution in [0.15, 0.2) is 34.2 Å². The second-order valence-corrected chi connectivity index (χ2v) is 10.2. The molecule has 1 amide bonds. The minimum absolute atomic E-state index is 0.0315. The molecule has 1 atom stereocenters. The van der Waals surface area contributed by atoms with Crippen LogP contribution in [0.5, 0.6) is 0 Å². The largest absolute Gasteiger partial charge is 0.352 e. The third-order valence-corrected chi connectivity index (χ3v) is 8.19. The zero-order valence-corrected chi connectivity index (χ0v) is 17.1. The van der Waals surface area contributed by atoms with E-state index in [1.54, 1.807) is 6.07 Å². The van der Waals surface area contributed by atoms with Gasteiger partial charge in [0.15, 0.2) is 5.16 Å². The van der Waals surface area contributed by atoms with Crippen LogP contribution in [0, 0.1) is 23.2 Å². The van der Waals surface area contributed by atoms with Crippen LogP contribution < -0.4 is 10.9 Å². The van der Waals surface area contributed by atoms with Crippen LogP contribution in [-0.4, -0.2) is 27.7 Å². The molecular weight excluding hydrogens is 370 g/mol. The average molecular weight is 398 g/mol. The molecule has 4 fully saturated rings. The maximum Gasteiger partial charge on any atom is 0.259 e. The molecule has 4 saturated carbocycles. The Kier molecular flexibility index (Phi) is 4.49. The van der Waals surface area contributed by atoms with Crippen molar-refractivity contribution in [1.82, 2.24) is 15.3 Å². The molecule has 148 valence electrons. The predicted molar refractivity (Wildman–Crippen MR) is 111 cm³/mol. The van der Waals surface area contributed by atoms with Gasteiger partial charge in [-0.15, -0.1) is 0 Å². The molecule has 2 aromatic rings. The monoisotopic (exact) mass is 397 g/mol. The number of H-pyrrole nitrogens is 1. The van der Waals surface area contributed by atoms with Crippen molar-refractivity contribution in [1.29, 1.82) is 0 Å². The topological polar surface area (TPSA) is 74.8 Å². The zero-order chi connectivity index (χ0) is 19.3. The van der Waals surface area contributed by atoms with Gasteiger partial charge in [-0.3, -0.25) is 9.59 Å². The maximum absolute atomic E-state index is 12.6. The second kappa shape index (κ2) is 6.90. The summed E-state index contributed by atoms with van der Waals surface area (Å²) >= 11 is 1.30. The van der Waals surface area contributed by atoms with E-state index in [4.69, 9.17) is 0 Å². The Labute approximate surface area is 169 Å². The Morgan fingerprint density at radius 2 is 1.86 bits per heavy atom. The number of thioether (sulfide) groups is 1. The second-order valence-electron chi connectivity index (χ2n) is 9.25. The van der Waals surface area contributed by atoms with Gasteiger partial charge in [0, 0.05) is 6.04 Å². The number of aromatic nitrogens is 2. The third-order valence-electron chi connectivity index (χ3n) is 7.31. The summed E-state index contributed by atoms with van der Waals surface area (Å²) in [5, 5.41) is 4.36. The normalized spacial score (nSPS) is 31.8. The van der Waals surface area contributed by atoms with Crippen molar-refractivity contribution in [2.24, 2.45) is 23.2 Å². The molecule has 6 rings (SSSR count). The third kappa shape index (κ3) is 3.25. The highest BCUT2D eigenvalue weighted by atomic mass is 32.2. The first-order valence-corrected chi connectivity index (χ1v) is 11.4. The van der Waals surface area contributed by atoms with Gasteiger partial charge >= 0.3 is 0 Å². The standard InChI is InChI=1S/C22H27N3O2S/c1-13(22-9-14-6-15(10-22)8-16(7-14)11-22)23-19(26)12-28-21-24-18-5-3-2-4-17(18)20(27)25-21/h2-5,13-16H,6-12H2,1H3,(H,23,26)(H,24,25,27)/t13-,14?,15?,16?,22?/m0/s1. The number of nitrogens with zero attached hydrogens (tertiary/aromatic N) is 1. The predicted octanol–water partition coefficient (Wildman–Crippen LogP) is 3.74. The first kappa shape index (κ1) is 18.2. The number of amides is 1. The van der Waals surface area contributed by atoms with Gasteiger partial charge in [0.1, 0.15) is 0 Å². The van der Waals surface area contributed by atoms with Crippen LogP contribution in [0.1, 0.15) is 45.4 Å². The molecule has 4 bridgehead atoms. The first-order valence-electron chi connectivity index (χ1n) is 10.4. The van der Waals surface area contributed by atoms with Crippen molar-refractivity contribution in [3.8, 4) is 0 Å². The highest BCUT2D eigenvalue weighted by molar-refractivity contribution is 7.99. The fourth-order valence-electron chi connectivity index (χ4n) is 6.41. The molecule has 0 spiro atoms. The summed E-state index contributed by atoms with van der Waals surface area (Å²) in [6.07, 6.45) is 8.09. The summed E-state index contributed by atoms with van der Waals surface area (Å²) in [4.78, 5) is 32.0. The Morgan fingerprint density at radius 1 is 1.21 bits per heavy atom. The fraction of sp³-hybridized carbons (Fsp3) is 0.591. The molecule has 2 N–H and O–H groups in total. The SMILES string of the molecule is C[C@H](NC(=O)CSc1nc2ccccc2c(=O)[nH]1)C12CC3CC(CC(C3)C1)C2. The van der Waals surface area contributed by atoms with E-state index in [9.17, 15) is 9.59 Å². The van der Waals surface area contributed by atoms with Crippen LogP contribution in [0.2, 0.25) is 0 Å². The summed E-state index contributed by atoms with van der Waals surface area (Å²) in [5.74, 6) is 2.95. The highest BCUT2D eigenvalue weighted by Crippen LogP contribution is 2.61. The van der Waals surface area contributed by atoms with Crippen LogP contribution in [0.3, 0.4) is 0 Å². The van der Waals surface area contributed by atoms with Crippen LogP contribution in [0.25, 0.3) is 10.9 Å². The minimum Gasteiger partial charge on any atom is -0.352 e. The number of hydrogen-bond acceptors (Lipinski definition) is 4. The molecule has 1 aromatic heterocycles. The number of para-hydroxylation sites is 1. The number of nitrogens with one attached hydrogen (secondary N) is 2. The quantitative estimate of drug-likeness (QED) is 0.595. The lowest BCUT2D eigenvalue weighted by atomic mass is 9.48. The number of carbonyl (C=O) groups is 1. The van der Waals surface area contributed by atoms with E-state index in [0.717, 1.165) is 17.8 Å². The van der Waals surface area contributed by atoms with Gasteiger partial charge in [-0.1, -0.05) is 23.9 Å². The molecule has 0 radical (unpaired) electrons. The van der Waals surface area contributed by atoms with Gasteiger partial charge in [0.05, 0.1) is 16.7 Å². The van der Waals surface area contributed by atoms with Crippen molar-refractivity contribution in [3.05, 3.63) is 34.6 Å². The molecule has 0 saturated heterocycles. The van der Waals surface area contributed by atoms with Crippen LogP contribution in [-0.2, 0) is 4.79 Å². The van der Waals surface area contributed by atoms with E-state index in [-0.39, 0.29) is 23.3 Å². The first-order chi connectivity index (χ1) is 13.5. The highest BCUT2D eigenvalue weighted by Gasteiger charge is 2.53. The van der Waals surface area contributed by atoms with Crippen molar-refractivity contribution in [3.63, 3.8) is 0 Å². The Hall–Kier alpha value is -1.82. The summed E-state index contributed by atoms with van der Waals surface area (Å²) in [7, 11) is 0. The fourth-order valence-corrected chi connectivity index (χ4v) is 7.09. The summed E-state index contributed by atoms with van der Waals surface area (Å²) < 4.78 is 0. The number of benzene rings is 1. The molecule has 5 nitrogen and oxygen atoms in total. The molecule has 0 aliphatic heterocycles. The molecule has 28 heavy (non-hydrogen) atoms. The molecule has 6 heteroatoms. The van der Waals surface area contributed by atoms with Crippen molar-refractivity contribution in [2.45, 2.75) is 56.6 Å². The molecular formula is C22H27N3O2S. The summed E-state index contributed by atoms with van der Waals surface area (Å²) in [5.41, 5.74) is 0.816. The van der Waals surface area contributed by atoms with Gasteiger partial charge in [0.25, 0.3) is 5.56 Å². The lowest BCUT2D eigenvalue weighted by Crippen LogP contribution is -2.56. The van der Waals surface area contributed by atoms with Gasteiger partial charge < -0.3 is 10.3 Å². The molecule has 1 heterocycles. The van der Waals surface area contributed by atoms with Crippen molar-refractivity contribution < 1.29 is 4.79 Å². The van der Waals surface area contributed by atoms with E-state index < -0.39 is 0 Å². The average Bonchev–Trinajstić information content (AvgIpc) is 2.65. The minimum atomic E-state index is -0.157. The van der Waals surface area contributed by atoms with Gasteiger partial charge in [-0.2, -0.15) is 0 Å². The number of hydrogen-bond donors (Lipinski definition) is 2. The van der Waals surface area contributed by atoms with E-state index in [1.165, 1.54) is 50.3 Å². The lowest BCUT2D eigenvalue weighted by Gasteiger charge is -2.59. The molecule has 1 aromatic carbocycles. The van der Waals surface area contributed by atoms with E-state index >= 15 is 0 Å². The maximum atomic E-state index is 12.6. The van der Waals surface area contributed by atoms with E-state index in [2.05, 4.69) is 22.2 Å².